The molecule has 4 nitrogen and oxygen atoms in total. The van der Waals surface area contributed by atoms with Gasteiger partial charge in [-0.3, -0.25) is 4.21 Å². The Kier molecular flexibility index (Phi) is 25.1. The molecule has 0 aliphatic heterocycles. The third-order valence-electron chi connectivity index (χ3n) is 0. The maximum atomic E-state index is 9.44. The van der Waals surface area contributed by atoms with Crippen molar-refractivity contribution < 1.29 is 77.2 Å². The van der Waals surface area contributed by atoms with E-state index in [1.165, 1.54) is 13.8 Å². The van der Waals surface area contributed by atoms with Crippen LogP contribution in [0.2, 0.25) is 0 Å². The number of ketones is 1. The first-order valence-electron chi connectivity index (χ1n) is 1.87. The van der Waals surface area contributed by atoms with Crippen LogP contribution in [-0.4, -0.2) is 19.1 Å². The second kappa shape index (κ2) is 12.0. The van der Waals surface area contributed by atoms with E-state index in [-0.39, 0.29) is 64.9 Å². The van der Waals surface area contributed by atoms with Gasteiger partial charge in [0.15, 0.2) is 0 Å². The van der Waals surface area contributed by atoms with Crippen LogP contribution in [0, 0.1) is 0 Å². The molecule has 8 heteroatoms. The van der Waals surface area contributed by atoms with Gasteiger partial charge in [0, 0.05) is 0 Å². The Balaban J connectivity index is -0.0000000383. The van der Waals surface area contributed by atoms with Crippen molar-refractivity contribution in [1.29, 1.82) is 0 Å². The van der Waals surface area contributed by atoms with E-state index in [9.17, 15) is 4.79 Å². The number of Topliss-reactive ketones (excluding diaryl/α,β-unsaturated/α-hetero) is 1. The van der Waals surface area contributed by atoms with Gasteiger partial charge in [0.25, 0.3) is 0 Å². The minimum atomic E-state index is -4.33. The van der Waals surface area contributed by atoms with Crippen LogP contribution in [0.25, 0.3) is 0 Å². The molecule has 0 amide bonds. The van der Waals surface area contributed by atoms with Crippen molar-refractivity contribution in [1.82, 2.24) is 0 Å². The van der Waals surface area contributed by atoms with Crippen LogP contribution in [0.5, 0.6) is 0 Å². The summed E-state index contributed by atoms with van der Waals surface area (Å²) in [4.78, 5) is 9.44. The molecule has 0 N–H and O–H groups in total. The Morgan fingerprint density at radius 3 is 1.27 bits per heavy atom. The van der Waals surface area contributed by atoms with Crippen molar-refractivity contribution in [3.8, 4) is 0 Å². The summed E-state index contributed by atoms with van der Waals surface area (Å²) in [7, 11) is -4.33. The van der Waals surface area contributed by atoms with Crippen molar-refractivity contribution in [3.05, 3.63) is 0 Å². The predicted molar refractivity (Wildman–Crippen MR) is 33.4 cm³/mol. The van der Waals surface area contributed by atoms with Gasteiger partial charge in [-0.05, 0) is 25.0 Å². The molecular weight excluding hydrogens is 210 g/mol. The van der Waals surface area contributed by atoms with Crippen LogP contribution in [0.1, 0.15) is 13.8 Å². The van der Waals surface area contributed by atoms with Gasteiger partial charge < -0.3 is 13.9 Å². The van der Waals surface area contributed by atoms with E-state index in [1.807, 2.05) is 0 Å². The fourth-order valence-corrected chi connectivity index (χ4v) is 0. The zero-order valence-corrected chi connectivity index (χ0v) is 12.6. The number of rotatable bonds is 0. The first kappa shape index (κ1) is 23.1. The van der Waals surface area contributed by atoms with Crippen LogP contribution in [0.15, 0.2) is 0 Å². The van der Waals surface area contributed by atoms with Crippen LogP contribution in [0.4, 0.5) is 0 Å². The van der Waals surface area contributed by atoms with Crippen LogP contribution in [-0.2, 0) is 25.0 Å². The molecule has 0 bridgehead atoms. The third kappa shape index (κ3) is 309. The summed E-state index contributed by atoms with van der Waals surface area (Å²) in [5, 5.41) is 0. The van der Waals surface area contributed by atoms with Gasteiger partial charge in [-0.1, -0.05) is 0 Å². The zero-order chi connectivity index (χ0) is 8.08. The van der Waals surface area contributed by atoms with Gasteiger partial charge in [0.2, 0.25) is 0 Å². The van der Waals surface area contributed by atoms with Crippen molar-refractivity contribution in [2.45, 2.75) is 13.8 Å². The van der Waals surface area contributed by atoms with E-state index in [2.05, 4.69) is 11.2 Å². The second-order valence-electron chi connectivity index (χ2n) is 1.32. The SMILES string of the molecule is CC(C)=O.O=S([O-])([O-])=S.[Na+].[Na+]. The maximum Gasteiger partial charge on any atom is 1.00 e. The monoisotopic (exact) mass is 216 g/mol. The van der Waals surface area contributed by atoms with E-state index in [4.69, 9.17) is 13.3 Å². The molecule has 0 spiro atoms. The van der Waals surface area contributed by atoms with Gasteiger partial charge in [0.1, 0.15) is 5.78 Å². The molecule has 0 rings (SSSR count). The van der Waals surface area contributed by atoms with E-state index < -0.39 is 9.05 Å². The summed E-state index contributed by atoms with van der Waals surface area (Å²) < 4.78 is 26.7. The Morgan fingerprint density at radius 2 is 1.27 bits per heavy atom. The fraction of sp³-hybridized carbons (Fsp3) is 0.667. The first-order chi connectivity index (χ1) is 3.73. The van der Waals surface area contributed by atoms with Gasteiger partial charge in [-0.25, -0.2) is 0 Å². The van der Waals surface area contributed by atoms with Gasteiger partial charge in [-0.15, -0.1) is 9.05 Å². The molecule has 0 aliphatic carbocycles. The quantitative estimate of drug-likeness (QED) is 0.376. The van der Waals surface area contributed by atoms with Crippen molar-refractivity contribution in [3.63, 3.8) is 0 Å². The van der Waals surface area contributed by atoms with Crippen LogP contribution >= 0.6 is 0 Å². The van der Waals surface area contributed by atoms with Crippen molar-refractivity contribution in [2.24, 2.45) is 0 Å². The average Bonchev–Trinajstić information content (AvgIpc) is 1.19. The number of carbonyl (C=O) groups is 1. The Hall–Kier alpha value is 1.96. The molecule has 0 saturated heterocycles. The average molecular weight is 216 g/mol. The Morgan fingerprint density at radius 1 is 1.27 bits per heavy atom. The number of carbonyl (C=O) groups excluding carboxylic acids is 1. The fourth-order valence-electron chi connectivity index (χ4n) is 0. The molecule has 0 heterocycles. The van der Waals surface area contributed by atoms with E-state index in [0.717, 1.165) is 0 Å². The second-order valence-corrected chi connectivity index (χ2v) is 3.36. The summed E-state index contributed by atoms with van der Waals surface area (Å²) >= 11 is 3.24. The summed E-state index contributed by atoms with van der Waals surface area (Å²) in [6, 6.07) is 0. The van der Waals surface area contributed by atoms with Gasteiger partial charge in [-0.2, -0.15) is 0 Å². The summed E-state index contributed by atoms with van der Waals surface area (Å²) in [6.07, 6.45) is 0. The maximum absolute atomic E-state index is 9.44. The summed E-state index contributed by atoms with van der Waals surface area (Å²) in [5.74, 6) is 0.167. The molecule has 0 aromatic rings. The molecule has 0 aliphatic rings. The van der Waals surface area contributed by atoms with E-state index >= 15 is 0 Å². The molecular formula is C3H6Na2O4S2. The molecule has 0 fully saturated rings. The smallest absolute Gasteiger partial charge is 0.780 e. The van der Waals surface area contributed by atoms with Gasteiger partial charge >= 0.3 is 59.1 Å². The molecule has 0 unspecified atom stereocenters. The third-order valence-corrected chi connectivity index (χ3v) is 0. The van der Waals surface area contributed by atoms with Crippen LogP contribution in [0.3, 0.4) is 0 Å². The molecule has 0 aromatic heterocycles. The molecule has 0 saturated carbocycles. The first-order valence-corrected chi connectivity index (χ1v) is 4.20. The predicted octanol–water partition coefficient (Wildman–Crippen LogP) is -6.40. The number of hydrogen-bond donors (Lipinski definition) is 0. The van der Waals surface area contributed by atoms with Crippen molar-refractivity contribution >= 4 is 26.0 Å². The minimum absolute atomic E-state index is 0. The van der Waals surface area contributed by atoms with Gasteiger partial charge in [0.05, 0.1) is 0 Å². The molecule has 11 heavy (non-hydrogen) atoms. The largest absolute Gasteiger partial charge is 1.00 e. The Labute approximate surface area is 115 Å². The standard InChI is InChI=1S/C3H6O.2Na.H2O3S2/c1-3(2)4;;;1-5(2,3)4/h1-2H3;;;(H2,1,2,3,4)/q;2*+1;/p-2. The van der Waals surface area contributed by atoms with E-state index in [1.54, 1.807) is 0 Å². The van der Waals surface area contributed by atoms with Crippen molar-refractivity contribution in [2.75, 3.05) is 0 Å². The van der Waals surface area contributed by atoms with Crippen LogP contribution < -0.4 is 59.1 Å². The topological polar surface area (TPSA) is 80.3 Å². The van der Waals surface area contributed by atoms with E-state index in [0.29, 0.717) is 0 Å². The number of hydrogen-bond acceptors (Lipinski definition) is 5. The molecule has 0 radical (unpaired) electrons. The zero-order valence-electron chi connectivity index (χ0n) is 6.95. The summed E-state index contributed by atoms with van der Waals surface area (Å²) in [6.45, 7) is 3.06. The summed E-state index contributed by atoms with van der Waals surface area (Å²) in [5.41, 5.74) is 0. The Bertz CT molecular complexity index is 164. The molecule has 0 atom stereocenters. The molecule has 0 aromatic carbocycles. The normalized spacial score (nSPS) is 7.64. The molecule has 56 valence electrons. The minimum Gasteiger partial charge on any atom is -0.780 e.